The van der Waals surface area contributed by atoms with Gasteiger partial charge in [0.05, 0.1) is 0 Å². The lowest BCUT2D eigenvalue weighted by Crippen LogP contribution is -2.13. The van der Waals surface area contributed by atoms with E-state index >= 15 is 0 Å². The second-order valence-corrected chi connectivity index (χ2v) is 2.25. The van der Waals surface area contributed by atoms with E-state index in [1.165, 1.54) is 0 Å². The van der Waals surface area contributed by atoms with Crippen molar-refractivity contribution >= 4 is 0 Å². The Kier molecular flexibility index (Phi) is 2.03. The Morgan fingerprint density at radius 1 is 1.71 bits per heavy atom. The molecule has 0 amide bonds. The molecule has 0 saturated heterocycles. The molecular weight excluding hydrogens is 88.1 g/mol. The second-order valence-electron chi connectivity index (χ2n) is 2.25. The third kappa shape index (κ3) is 5.70. The Balaban J connectivity index is 3.34. The van der Waals surface area contributed by atoms with Crippen molar-refractivity contribution in [2.45, 2.75) is 25.9 Å². The van der Waals surface area contributed by atoms with Crippen molar-refractivity contribution in [2.24, 2.45) is 0 Å². The molecule has 0 aliphatic rings. The molecule has 0 aliphatic carbocycles. The van der Waals surface area contributed by atoms with E-state index in [0.717, 1.165) is 0 Å². The first-order valence-electron chi connectivity index (χ1n) is 2.37. The zero-order valence-electron chi connectivity index (χ0n) is 4.90. The fourth-order valence-electron chi connectivity index (χ4n) is 0.348. The SMILES string of the molecule is C=CCC(C)(C)[O]. The number of hydrogen-bond donors (Lipinski definition) is 0. The molecule has 41 valence electrons. The van der Waals surface area contributed by atoms with Crippen molar-refractivity contribution < 1.29 is 5.11 Å². The molecule has 0 atom stereocenters. The van der Waals surface area contributed by atoms with E-state index in [2.05, 4.69) is 6.58 Å². The van der Waals surface area contributed by atoms with Crippen LogP contribution < -0.4 is 0 Å². The molecular formula is C6H11O. The Bertz CT molecular complexity index is 59.1. The predicted molar refractivity (Wildman–Crippen MR) is 29.6 cm³/mol. The monoisotopic (exact) mass is 99.1 g/mol. The summed E-state index contributed by atoms with van der Waals surface area (Å²) >= 11 is 0. The van der Waals surface area contributed by atoms with Crippen LogP contribution >= 0.6 is 0 Å². The summed E-state index contributed by atoms with van der Waals surface area (Å²) in [6.45, 7) is 6.74. The zero-order chi connectivity index (χ0) is 5.91. The van der Waals surface area contributed by atoms with Crippen molar-refractivity contribution in [2.75, 3.05) is 0 Å². The Labute approximate surface area is 44.7 Å². The van der Waals surface area contributed by atoms with Gasteiger partial charge in [-0.3, -0.25) is 0 Å². The van der Waals surface area contributed by atoms with Crippen LogP contribution in [-0.2, 0) is 5.11 Å². The smallest absolute Gasteiger partial charge is 0.101 e. The lowest BCUT2D eigenvalue weighted by molar-refractivity contribution is 0.00719. The standard InChI is InChI=1S/C6H11O/c1-4-5-6(2,3)7/h4H,1,5H2,2-3H3. The third-order valence-corrected chi connectivity index (χ3v) is 0.636. The summed E-state index contributed by atoms with van der Waals surface area (Å²) in [5.41, 5.74) is -0.818. The summed E-state index contributed by atoms with van der Waals surface area (Å²) in [5.74, 6) is 0. The Morgan fingerprint density at radius 2 is 2.14 bits per heavy atom. The zero-order valence-corrected chi connectivity index (χ0v) is 4.90. The Morgan fingerprint density at radius 3 is 2.14 bits per heavy atom. The van der Waals surface area contributed by atoms with Crippen LogP contribution in [-0.4, -0.2) is 5.60 Å². The normalized spacial score (nSPS) is 11.3. The lowest BCUT2D eigenvalue weighted by atomic mass is 10.1. The van der Waals surface area contributed by atoms with E-state index in [1.54, 1.807) is 19.9 Å². The molecule has 1 nitrogen and oxygen atoms in total. The lowest BCUT2D eigenvalue weighted by Gasteiger charge is -2.08. The molecule has 0 spiro atoms. The maximum Gasteiger partial charge on any atom is 0.101 e. The van der Waals surface area contributed by atoms with Crippen molar-refractivity contribution in [1.82, 2.24) is 0 Å². The molecule has 0 heterocycles. The van der Waals surface area contributed by atoms with Crippen LogP contribution in [0.3, 0.4) is 0 Å². The molecule has 0 aromatic rings. The van der Waals surface area contributed by atoms with Gasteiger partial charge >= 0.3 is 0 Å². The van der Waals surface area contributed by atoms with Gasteiger partial charge in [-0.1, -0.05) is 6.08 Å². The topological polar surface area (TPSA) is 19.9 Å². The van der Waals surface area contributed by atoms with Gasteiger partial charge in [-0.25, -0.2) is 5.11 Å². The minimum absolute atomic E-state index is 0.549. The van der Waals surface area contributed by atoms with Crippen molar-refractivity contribution in [1.29, 1.82) is 0 Å². The maximum absolute atomic E-state index is 10.6. The van der Waals surface area contributed by atoms with E-state index in [4.69, 9.17) is 0 Å². The summed E-state index contributed by atoms with van der Waals surface area (Å²) in [6, 6.07) is 0. The van der Waals surface area contributed by atoms with E-state index in [0.29, 0.717) is 6.42 Å². The molecule has 0 saturated carbocycles. The minimum Gasteiger partial charge on any atom is -0.230 e. The highest BCUT2D eigenvalue weighted by Crippen LogP contribution is 2.06. The van der Waals surface area contributed by atoms with Gasteiger partial charge < -0.3 is 0 Å². The second kappa shape index (κ2) is 2.12. The van der Waals surface area contributed by atoms with Gasteiger partial charge in [-0.05, 0) is 20.3 Å². The summed E-state index contributed by atoms with van der Waals surface area (Å²) in [4.78, 5) is 0. The van der Waals surface area contributed by atoms with Crippen molar-refractivity contribution in [3.05, 3.63) is 12.7 Å². The molecule has 0 bridgehead atoms. The summed E-state index contributed by atoms with van der Waals surface area (Å²) in [6.07, 6.45) is 2.19. The van der Waals surface area contributed by atoms with E-state index < -0.39 is 5.60 Å². The van der Waals surface area contributed by atoms with Crippen LogP contribution in [0.25, 0.3) is 0 Å². The van der Waals surface area contributed by atoms with E-state index in [-0.39, 0.29) is 0 Å². The first-order valence-corrected chi connectivity index (χ1v) is 2.37. The average molecular weight is 99.2 g/mol. The molecule has 1 heteroatoms. The van der Waals surface area contributed by atoms with Gasteiger partial charge in [0.25, 0.3) is 0 Å². The molecule has 0 aromatic heterocycles. The molecule has 1 radical (unpaired) electrons. The number of hydrogen-bond acceptors (Lipinski definition) is 0. The van der Waals surface area contributed by atoms with Gasteiger partial charge in [0.2, 0.25) is 0 Å². The highest BCUT2D eigenvalue weighted by atomic mass is 16.3. The highest BCUT2D eigenvalue weighted by molar-refractivity contribution is 4.77. The molecule has 0 fully saturated rings. The molecule has 0 rings (SSSR count). The largest absolute Gasteiger partial charge is 0.230 e. The van der Waals surface area contributed by atoms with Gasteiger partial charge in [-0.2, -0.15) is 0 Å². The first-order chi connectivity index (χ1) is 3.06. The fraction of sp³-hybridized carbons (Fsp3) is 0.667. The molecule has 7 heavy (non-hydrogen) atoms. The maximum atomic E-state index is 10.6. The van der Waals surface area contributed by atoms with Gasteiger partial charge in [0.15, 0.2) is 0 Å². The number of rotatable bonds is 2. The van der Waals surface area contributed by atoms with Crippen LogP contribution in [0, 0.1) is 0 Å². The van der Waals surface area contributed by atoms with Crippen LogP contribution in [0.15, 0.2) is 12.7 Å². The van der Waals surface area contributed by atoms with E-state index in [9.17, 15) is 5.11 Å². The third-order valence-electron chi connectivity index (χ3n) is 0.636. The van der Waals surface area contributed by atoms with Crippen LogP contribution in [0.2, 0.25) is 0 Å². The van der Waals surface area contributed by atoms with Gasteiger partial charge in [0.1, 0.15) is 5.60 Å². The molecule has 0 aromatic carbocycles. The van der Waals surface area contributed by atoms with Crippen LogP contribution in [0.5, 0.6) is 0 Å². The highest BCUT2D eigenvalue weighted by Gasteiger charge is 2.10. The van der Waals surface area contributed by atoms with Gasteiger partial charge in [0, 0.05) is 0 Å². The summed E-state index contributed by atoms with van der Waals surface area (Å²) < 4.78 is 0. The summed E-state index contributed by atoms with van der Waals surface area (Å²) in [7, 11) is 0. The summed E-state index contributed by atoms with van der Waals surface area (Å²) in [5, 5.41) is 10.6. The average Bonchev–Trinajstić information content (AvgIpc) is 1.30. The minimum atomic E-state index is -0.818. The van der Waals surface area contributed by atoms with Crippen molar-refractivity contribution in [3.63, 3.8) is 0 Å². The van der Waals surface area contributed by atoms with Crippen LogP contribution in [0.1, 0.15) is 20.3 Å². The van der Waals surface area contributed by atoms with Crippen LogP contribution in [0.4, 0.5) is 0 Å². The predicted octanol–water partition coefficient (Wildman–Crippen LogP) is 1.77. The first kappa shape index (κ1) is 6.70. The Hall–Kier alpha value is -0.300. The molecule has 0 N–H and O–H groups in total. The quantitative estimate of drug-likeness (QED) is 0.470. The van der Waals surface area contributed by atoms with Gasteiger partial charge in [-0.15, -0.1) is 6.58 Å². The van der Waals surface area contributed by atoms with E-state index in [1.807, 2.05) is 0 Å². The fourth-order valence-corrected chi connectivity index (χ4v) is 0.348. The van der Waals surface area contributed by atoms with Crippen molar-refractivity contribution in [3.8, 4) is 0 Å². The molecule has 0 aliphatic heterocycles. The molecule has 0 unspecified atom stereocenters.